The lowest BCUT2D eigenvalue weighted by Gasteiger charge is -2.30. The zero-order chi connectivity index (χ0) is 20.3. The molecule has 1 aromatic heterocycles. The van der Waals surface area contributed by atoms with E-state index in [1.165, 1.54) is 0 Å². The fourth-order valence-electron chi connectivity index (χ4n) is 3.39. The van der Waals surface area contributed by atoms with Gasteiger partial charge >= 0.3 is 6.03 Å². The highest BCUT2D eigenvalue weighted by Crippen LogP contribution is 2.26. The average Bonchev–Trinajstić information content (AvgIpc) is 3.08. The largest absolute Gasteiger partial charge is 0.348 e. The Kier molecular flexibility index (Phi) is 5.96. The van der Waals surface area contributed by atoms with Crippen molar-refractivity contribution in [2.45, 2.75) is 53.1 Å². The molecule has 2 heterocycles. The molecule has 1 aliphatic rings. The highest BCUT2D eigenvalue weighted by atomic mass is 16.2. The maximum atomic E-state index is 12.5. The van der Waals surface area contributed by atoms with Crippen LogP contribution in [0.15, 0.2) is 18.2 Å². The smallest absolute Gasteiger partial charge is 0.317 e. The van der Waals surface area contributed by atoms with Crippen molar-refractivity contribution in [1.82, 2.24) is 30.5 Å². The number of amides is 3. The first kappa shape index (κ1) is 19.9. The Labute approximate surface area is 165 Å². The molecule has 150 valence electrons. The highest BCUT2D eigenvalue weighted by Gasteiger charge is 2.25. The van der Waals surface area contributed by atoms with Crippen LogP contribution in [0.25, 0.3) is 5.69 Å². The van der Waals surface area contributed by atoms with E-state index in [1.807, 2.05) is 50.8 Å². The van der Waals surface area contributed by atoms with Crippen molar-refractivity contribution in [1.29, 1.82) is 0 Å². The number of urea groups is 1. The van der Waals surface area contributed by atoms with Crippen molar-refractivity contribution in [2.75, 3.05) is 13.1 Å². The van der Waals surface area contributed by atoms with Gasteiger partial charge in [-0.1, -0.05) is 24.3 Å². The Bertz CT molecular complexity index is 876. The van der Waals surface area contributed by atoms with Crippen LogP contribution in [0.5, 0.6) is 0 Å². The van der Waals surface area contributed by atoms with Crippen molar-refractivity contribution < 1.29 is 9.59 Å². The molecule has 0 bridgehead atoms. The maximum Gasteiger partial charge on any atom is 0.317 e. The summed E-state index contributed by atoms with van der Waals surface area (Å²) in [5.41, 5.74) is 4.21. The molecule has 0 aliphatic carbocycles. The number of carbonyl (C=O) groups is 2. The number of carbonyl (C=O) groups excluding carboxylic acids is 2. The third kappa shape index (κ3) is 3.85. The molecule has 0 saturated carbocycles. The number of rotatable bonds is 5. The summed E-state index contributed by atoms with van der Waals surface area (Å²) >= 11 is 0. The minimum atomic E-state index is -0.203. The summed E-state index contributed by atoms with van der Waals surface area (Å²) < 4.78 is 1.73. The minimum absolute atomic E-state index is 0.0421. The molecule has 1 atom stereocenters. The third-order valence-electron chi connectivity index (χ3n) is 5.18. The number of benzene rings is 1. The molecule has 8 nitrogen and oxygen atoms in total. The van der Waals surface area contributed by atoms with Gasteiger partial charge in [0.15, 0.2) is 5.69 Å². The molecule has 0 radical (unpaired) electrons. The molecular formula is C20H28N6O2. The first-order valence-electron chi connectivity index (χ1n) is 9.83. The molecule has 2 N–H and O–H groups in total. The summed E-state index contributed by atoms with van der Waals surface area (Å²) in [6.45, 7) is 9.57. The van der Waals surface area contributed by atoms with Crippen LogP contribution in [-0.4, -0.2) is 51.0 Å². The van der Waals surface area contributed by atoms with Crippen molar-refractivity contribution in [3.63, 3.8) is 0 Å². The summed E-state index contributed by atoms with van der Waals surface area (Å²) in [6, 6.07) is 6.02. The van der Waals surface area contributed by atoms with Gasteiger partial charge in [0.25, 0.3) is 5.91 Å². The Morgan fingerprint density at radius 2 is 2.07 bits per heavy atom. The quantitative estimate of drug-likeness (QED) is 0.827. The molecule has 8 heteroatoms. The molecule has 0 spiro atoms. The lowest BCUT2D eigenvalue weighted by atomic mass is 9.98. The van der Waals surface area contributed by atoms with Gasteiger partial charge in [-0.05, 0) is 50.8 Å². The fraction of sp³-hybridized carbons (Fsp3) is 0.500. The Hall–Kier alpha value is -2.90. The Morgan fingerprint density at radius 3 is 2.79 bits per heavy atom. The van der Waals surface area contributed by atoms with E-state index in [1.54, 1.807) is 4.68 Å². The second-order valence-corrected chi connectivity index (χ2v) is 7.14. The lowest BCUT2D eigenvalue weighted by Crippen LogP contribution is -2.42. The van der Waals surface area contributed by atoms with Gasteiger partial charge < -0.3 is 15.5 Å². The lowest BCUT2D eigenvalue weighted by molar-refractivity contribution is 0.0933. The highest BCUT2D eigenvalue weighted by molar-refractivity contribution is 5.93. The van der Waals surface area contributed by atoms with E-state index in [4.69, 9.17) is 0 Å². The fourth-order valence-corrected chi connectivity index (χ4v) is 3.39. The van der Waals surface area contributed by atoms with Gasteiger partial charge in [0.05, 0.1) is 11.4 Å². The molecule has 3 rings (SSSR count). The van der Waals surface area contributed by atoms with Crippen LogP contribution in [0.4, 0.5) is 4.79 Å². The molecule has 1 aliphatic heterocycles. The molecular weight excluding hydrogens is 356 g/mol. The van der Waals surface area contributed by atoms with Crippen molar-refractivity contribution >= 4 is 11.9 Å². The molecule has 1 unspecified atom stereocenters. The molecule has 2 aromatic rings. The van der Waals surface area contributed by atoms with Crippen molar-refractivity contribution in [2.24, 2.45) is 0 Å². The summed E-state index contributed by atoms with van der Waals surface area (Å²) in [5.74, 6) is -0.203. The van der Waals surface area contributed by atoms with Crippen molar-refractivity contribution in [3.8, 4) is 5.69 Å². The van der Waals surface area contributed by atoms with E-state index >= 15 is 0 Å². The predicted molar refractivity (Wildman–Crippen MR) is 107 cm³/mol. The second kappa shape index (κ2) is 8.41. The minimum Gasteiger partial charge on any atom is -0.348 e. The van der Waals surface area contributed by atoms with Crippen LogP contribution in [-0.2, 0) is 13.0 Å². The number of hydrogen-bond acceptors (Lipinski definition) is 4. The number of hydrogen-bond donors (Lipinski definition) is 2. The van der Waals surface area contributed by atoms with Crippen LogP contribution in [0.3, 0.4) is 0 Å². The molecule has 0 fully saturated rings. The van der Waals surface area contributed by atoms with Crippen molar-refractivity contribution in [3.05, 3.63) is 40.7 Å². The topological polar surface area (TPSA) is 92.2 Å². The first-order valence-corrected chi connectivity index (χ1v) is 9.83. The van der Waals surface area contributed by atoms with Crippen LogP contribution in [0, 0.1) is 6.92 Å². The predicted octanol–water partition coefficient (Wildman–Crippen LogP) is 2.19. The number of nitrogens with zero attached hydrogens (tertiary/aromatic N) is 4. The van der Waals surface area contributed by atoms with Gasteiger partial charge in [0.2, 0.25) is 0 Å². The van der Waals surface area contributed by atoms with Gasteiger partial charge in [-0.15, -0.1) is 5.10 Å². The van der Waals surface area contributed by atoms with E-state index in [9.17, 15) is 9.59 Å². The van der Waals surface area contributed by atoms with Gasteiger partial charge in [0, 0.05) is 25.7 Å². The van der Waals surface area contributed by atoms with Gasteiger partial charge in [0.1, 0.15) is 0 Å². The van der Waals surface area contributed by atoms with Crippen LogP contribution < -0.4 is 10.6 Å². The van der Waals surface area contributed by atoms with Crippen LogP contribution in [0.1, 0.15) is 54.5 Å². The normalized spacial score (nSPS) is 14.4. The van der Waals surface area contributed by atoms with E-state index in [0.29, 0.717) is 31.0 Å². The summed E-state index contributed by atoms with van der Waals surface area (Å²) in [5, 5.41) is 14.2. The molecule has 3 amide bonds. The van der Waals surface area contributed by atoms with E-state index in [2.05, 4.69) is 20.9 Å². The average molecular weight is 384 g/mol. The van der Waals surface area contributed by atoms with E-state index in [-0.39, 0.29) is 18.0 Å². The van der Waals surface area contributed by atoms with Gasteiger partial charge in [-0.3, -0.25) is 4.79 Å². The number of fused-ring (bicyclic) bond motifs is 1. The zero-order valence-corrected chi connectivity index (χ0v) is 17.0. The van der Waals surface area contributed by atoms with Crippen LogP contribution >= 0.6 is 0 Å². The maximum absolute atomic E-state index is 12.5. The monoisotopic (exact) mass is 384 g/mol. The second-order valence-electron chi connectivity index (χ2n) is 7.14. The van der Waals surface area contributed by atoms with E-state index in [0.717, 1.165) is 29.7 Å². The standard InChI is InChI=1S/C20H28N6O2/c1-5-13(3)22-19(27)18-14(4)26(24-23-18)17-9-7-8-15-12-25(11-10-16(15)17)20(28)21-6-2/h7-9,13H,5-6,10-12H2,1-4H3,(H,21,28)(H,22,27). The van der Waals surface area contributed by atoms with Crippen LogP contribution in [0.2, 0.25) is 0 Å². The first-order chi connectivity index (χ1) is 13.5. The number of aromatic nitrogens is 3. The summed E-state index contributed by atoms with van der Waals surface area (Å²) in [7, 11) is 0. The summed E-state index contributed by atoms with van der Waals surface area (Å²) in [4.78, 5) is 26.4. The summed E-state index contributed by atoms with van der Waals surface area (Å²) in [6.07, 6.45) is 1.59. The Morgan fingerprint density at radius 1 is 1.29 bits per heavy atom. The van der Waals surface area contributed by atoms with Gasteiger partial charge in [-0.25, -0.2) is 9.48 Å². The molecule has 1 aromatic carbocycles. The SMILES string of the molecule is CCNC(=O)N1CCc2c(cccc2-n2nnc(C(=O)NC(C)CC)c2C)C1. The van der Waals surface area contributed by atoms with Gasteiger partial charge in [-0.2, -0.15) is 0 Å². The third-order valence-corrected chi connectivity index (χ3v) is 5.18. The Balaban J connectivity index is 1.88. The molecule has 0 saturated heterocycles. The number of nitrogens with one attached hydrogen (secondary N) is 2. The van der Waals surface area contributed by atoms with E-state index < -0.39 is 0 Å². The zero-order valence-electron chi connectivity index (χ0n) is 17.0. The molecule has 28 heavy (non-hydrogen) atoms.